The number of benzene rings is 1. The second-order valence-corrected chi connectivity index (χ2v) is 7.68. The first-order chi connectivity index (χ1) is 11.0. The van der Waals surface area contributed by atoms with Gasteiger partial charge in [0.2, 0.25) is 15.9 Å². The summed E-state index contributed by atoms with van der Waals surface area (Å²) < 4.78 is 26.2. The lowest BCUT2D eigenvalue weighted by molar-refractivity contribution is -0.149. The Labute approximate surface area is 137 Å². The van der Waals surface area contributed by atoms with Crippen molar-refractivity contribution in [1.82, 2.24) is 9.79 Å². The quantitative estimate of drug-likeness (QED) is 0.811. The SMILES string of the molecule is CON1CCC(CC(=O)NS(=O)(=O)CCc2ccccc2)CC1. The highest BCUT2D eigenvalue weighted by molar-refractivity contribution is 7.90. The maximum absolute atomic E-state index is 12.0. The number of rotatable bonds is 7. The number of sulfonamides is 1. The summed E-state index contributed by atoms with van der Waals surface area (Å²) in [5, 5.41) is 1.85. The van der Waals surface area contributed by atoms with Crippen molar-refractivity contribution in [2.24, 2.45) is 5.92 Å². The largest absolute Gasteiger partial charge is 0.302 e. The number of hydrogen-bond acceptors (Lipinski definition) is 5. The molecule has 23 heavy (non-hydrogen) atoms. The highest BCUT2D eigenvalue weighted by Crippen LogP contribution is 2.20. The van der Waals surface area contributed by atoms with Crippen LogP contribution >= 0.6 is 0 Å². The molecular formula is C16H24N2O4S. The Morgan fingerprint density at radius 2 is 1.91 bits per heavy atom. The topological polar surface area (TPSA) is 75.7 Å². The molecule has 0 aromatic heterocycles. The Hall–Kier alpha value is -1.44. The number of nitrogens with zero attached hydrogens (tertiary/aromatic N) is 1. The molecule has 0 unspecified atom stereocenters. The van der Waals surface area contributed by atoms with E-state index in [1.807, 2.05) is 35.4 Å². The minimum atomic E-state index is -3.58. The molecular weight excluding hydrogens is 316 g/mol. The summed E-state index contributed by atoms with van der Waals surface area (Å²) >= 11 is 0. The van der Waals surface area contributed by atoms with E-state index in [0.29, 0.717) is 6.42 Å². The zero-order valence-corrected chi connectivity index (χ0v) is 14.2. The van der Waals surface area contributed by atoms with Crippen molar-refractivity contribution >= 4 is 15.9 Å². The first-order valence-corrected chi connectivity index (χ1v) is 9.50. The first kappa shape index (κ1) is 17.9. The summed E-state index contributed by atoms with van der Waals surface area (Å²) in [5.74, 6) is -0.273. The minimum Gasteiger partial charge on any atom is -0.302 e. The van der Waals surface area contributed by atoms with Gasteiger partial charge in [-0.3, -0.25) is 9.52 Å². The van der Waals surface area contributed by atoms with Crippen LogP contribution in [-0.2, 0) is 26.1 Å². The maximum atomic E-state index is 12.0. The van der Waals surface area contributed by atoms with Gasteiger partial charge in [-0.25, -0.2) is 8.42 Å². The van der Waals surface area contributed by atoms with Crippen LogP contribution in [0.15, 0.2) is 30.3 Å². The van der Waals surface area contributed by atoms with Crippen molar-refractivity contribution in [2.75, 3.05) is 26.0 Å². The molecule has 128 valence electrons. The zero-order chi connectivity index (χ0) is 16.7. The highest BCUT2D eigenvalue weighted by atomic mass is 32.2. The van der Waals surface area contributed by atoms with Crippen LogP contribution in [-0.4, -0.2) is 45.3 Å². The van der Waals surface area contributed by atoms with E-state index in [2.05, 4.69) is 4.72 Å². The van der Waals surface area contributed by atoms with Crippen molar-refractivity contribution in [1.29, 1.82) is 0 Å². The van der Waals surface area contributed by atoms with Gasteiger partial charge in [0.05, 0.1) is 12.9 Å². The molecule has 1 aliphatic heterocycles. The van der Waals surface area contributed by atoms with Crippen LogP contribution in [0.4, 0.5) is 0 Å². The third kappa shape index (κ3) is 6.29. The third-order valence-electron chi connectivity index (χ3n) is 4.08. The Bertz CT molecular complexity index is 596. The average Bonchev–Trinajstić information content (AvgIpc) is 2.54. The highest BCUT2D eigenvalue weighted by Gasteiger charge is 2.23. The fourth-order valence-corrected chi connectivity index (χ4v) is 3.76. The van der Waals surface area contributed by atoms with E-state index in [-0.39, 0.29) is 18.1 Å². The molecule has 0 saturated carbocycles. The molecule has 1 N–H and O–H groups in total. The van der Waals surface area contributed by atoms with Crippen LogP contribution in [0.5, 0.6) is 0 Å². The smallest absolute Gasteiger partial charge is 0.235 e. The summed E-state index contributed by atoms with van der Waals surface area (Å²) in [6.07, 6.45) is 2.33. The summed E-state index contributed by atoms with van der Waals surface area (Å²) in [6, 6.07) is 9.37. The maximum Gasteiger partial charge on any atom is 0.235 e. The van der Waals surface area contributed by atoms with E-state index in [4.69, 9.17) is 4.84 Å². The van der Waals surface area contributed by atoms with Crippen molar-refractivity contribution in [3.05, 3.63) is 35.9 Å². The van der Waals surface area contributed by atoms with Crippen molar-refractivity contribution in [3.8, 4) is 0 Å². The monoisotopic (exact) mass is 340 g/mol. The van der Waals surface area contributed by atoms with Crippen LogP contribution in [0.3, 0.4) is 0 Å². The molecule has 1 amide bonds. The van der Waals surface area contributed by atoms with E-state index < -0.39 is 15.9 Å². The predicted molar refractivity (Wildman–Crippen MR) is 88.0 cm³/mol. The van der Waals surface area contributed by atoms with Gasteiger partial charge in [0.1, 0.15) is 0 Å². The number of amides is 1. The van der Waals surface area contributed by atoms with E-state index in [1.165, 1.54) is 0 Å². The molecule has 7 heteroatoms. The lowest BCUT2D eigenvalue weighted by atomic mass is 9.94. The Morgan fingerprint density at radius 3 is 2.52 bits per heavy atom. The molecule has 0 radical (unpaired) electrons. The molecule has 2 rings (SSSR count). The molecule has 6 nitrogen and oxygen atoms in total. The van der Waals surface area contributed by atoms with Crippen LogP contribution in [0.25, 0.3) is 0 Å². The number of piperidine rings is 1. The number of nitrogens with one attached hydrogen (secondary N) is 1. The number of hydroxylamine groups is 2. The number of aryl methyl sites for hydroxylation is 1. The predicted octanol–water partition coefficient (Wildman–Crippen LogP) is 1.34. The van der Waals surface area contributed by atoms with E-state index in [1.54, 1.807) is 7.11 Å². The van der Waals surface area contributed by atoms with E-state index >= 15 is 0 Å². The van der Waals surface area contributed by atoms with Crippen LogP contribution in [0.2, 0.25) is 0 Å². The Kier molecular flexibility index (Phi) is 6.56. The van der Waals surface area contributed by atoms with Crippen molar-refractivity contribution in [3.63, 3.8) is 0 Å². The fraction of sp³-hybridized carbons (Fsp3) is 0.562. The van der Waals surface area contributed by atoms with E-state index in [0.717, 1.165) is 31.5 Å². The fourth-order valence-electron chi connectivity index (χ4n) is 2.72. The number of hydrogen-bond donors (Lipinski definition) is 1. The van der Waals surface area contributed by atoms with Crippen LogP contribution < -0.4 is 4.72 Å². The lowest BCUT2D eigenvalue weighted by Crippen LogP contribution is -2.37. The van der Waals surface area contributed by atoms with Gasteiger partial charge in [0, 0.05) is 19.5 Å². The Balaban J connectivity index is 1.75. The van der Waals surface area contributed by atoms with Gasteiger partial charge < -0.3 is 4.84 Å². The summed E-state index contributed by atoms with van der Waals surface area (Å²) in [5.41, 5.74) is 0.942. The molecule has 1 heterocycles. The molecule has 1 aromatic rings. The summed E-state index contributed by atoms with van der Waals surface area (Å²) in [4.78, 5) is 17.1. The zero-order valence-electron chi connectivity index (χ0n) is 13.4. The van der Waals surface area contributed by atoms with Crippen molar-refractivity contribution < 1.29 is 18.0 Å². The summed E-state index contributed by atoms with van der Waals surface area (Å²) in [6.45, 7) is 1.55. The molecule has 1 fully saturated rings. The molecule has 0 atom stereocenters. The Morgan fingerprint density at radius 1 is 1.26 bits per heavy atom. The van der Waals surface area contributed by atoms with Crippen LogP contribution in [0.1, 0.15) is 24.8 Å². The third-order valence-corrected chi connectivity index (χ3v) is 5.36. The van der Waals surface area contributed by atoms with Crippen molar-refractivity contribution in [2.45, 2.75) is 25.7 Å². The van der Waals surface area contributed by atoms with Gasteiger partial charge in [-0.2, -0.15) is 5.06 Å². The molecule has 1 aliphatic rings. The standard InChI is InChI=1S/C16H24N2O4S/c1-22-18-10-7-15(8-11-18)13-16(19)17-23(20,21)12-9-14-5-3-2-4-6-14/h2-6,15H,7-13H2,1H3,(H,17,19). The molecule has 1 saturated heterocycles. The van der Waals surface area contributed by atoms with Gasteiger partial charge in [0.15, 0.2) is 0 Å². The lowest BCUT2D eigenvalue weighted by Gasteiger charge is -2.29. The van der Waals surface area contributed by atoms with Gasteiger partial charge in [-0.05, 0) is 30.7 Å². The minimum absolute atomic E-state index is 0.0785. The normalized spacial score (nSPS) is 17.1. The second-order valence-electron chi connectivity index (χ2n) is 5.84. The summed E-state index contributed by atoms with van der Waals surface area (Å²) in [7, 11) is -1.95. The van der Waals surface area contributed by atoms with Crippen LogP contribution in [0, 0.1) is 5.92 Å². The first-order valence-electron chi connectivity index (χ1n) is 7.85. The van der Waals surface area contributed by atoms with Gasteiger partial charge in [-0.15, -0.1) is 0 Å². The second kappa shape index (κ2) is 8.42. The van der Waals surface area contributed by atoms with E-state index in [9.17, 15) is 13.2 Å². The molecule has 0 spiro atoms. The average molecular weight is 340 g/mol. The number of carbonyl (C=O) groups excluding carboxylic acids is 1. The molecule has 1 aromatic carbocycles. The number of carbonyl (C=O) groups is 1. The molecule has 0 bridgehead atoms. The van der Waals surface area contributed by atoms with Gasteiger partial charge in [0.25, 0.3) is 0 Å². The van der Waals surface area contributed by atoms with Gasteiger partial charge >= 0.3 is 0 Å². The molecule has 0 aliphatic carbocycles. The van der Waals surface area contributed by atoms with Gasteiger partial charge in [-0.1, -0.05) is 30.3 Å².